The predicted octanol–water partition coefficient (Wildman–Crippen LogP) is 3.72. The van der Waals surface area contributed by atoms with Crippen LogP contribution >= 0.6 is 0 Å². The number of amides is 1. The van der Waals surface area contributed by atoms with Gasteiger partial charge in [0.1, 0.15) is 30.4 Å². The number of hydrogen-bond donors (Lipinski definition) is 3. The Bertz CT molecular complexity index is 1300. The first kappa shape index (κ1) is 23.0. The lowest BCUT2D eigenvalue weighted by Gasteiger charge is -2.31. The summed E-state index contributed by atoms with van der Waals surface area (Å²) in [6.07, 6.45) is 0.461. The van der Waals surface area contributed by atoms with Gasteiger partial charge in [0.15, 0.2) is 5.82 Å². The first-order chi connectivity index (χ1) is 16.8. The molecule has 184 valence electrons. The van der Waals surface area contributed by atoms with E-state index in [1.54, 1.807) is 18.3 Å². The Hall–Kier alpha value is -3.73. The van der Waals surface area contributed by atoms with Gasteiger partial charge in [0.25, 0.3) is 0 Å². The summed E-state index contributed by atoms with van der Waals surface area (Å²) >= 11 is 0. The van der Waals surface area contributed by atoms with E-state index >= 15 is 4.39 Å². The molecule has 4 N–H and O–H groups in total. The highest BCUT2D eigenvalue weighted by atomic mass is 19.1. The van der Waals surface area contributed by atoms with Gasteiger partial charge in [0.2, 0.25) is 5.88 Å². The molecule has 2 atom stereocenters. The molecule has 0 aliphatic carbocycles. The van der Waals surface area contributed by atoms with Gasteiger partial charge >= 0.3 is 6.09 Å². The molecule has 5 rings (SSSR count). The summed E-state index contributed by atoms with van der Waals surface area (Å²) in [7, 11) is 1.82. The Kier molecular flexibility index (Phi) is 6.01. The zero-order chi connectivity index (χ0) is 24.7. The SMILES string of the molecule is Cc1c(-c2cc3cc(NC(=O)O[C@H]4CCN(C)C[C@H]4F)ncc3c(N)c2F)cnc2c1NCCO2. The molecule has 1 amide bonds. The van der Waals surface area contributed by atoms with Crippen molar-refractivity contribution in [2.24, 2.45) is 0 Å². The molecule has 0 bridgehead atoms. The van der Waals surface area contributed by atoms with Crippen LogP contribution in [0.5, 0.6) is 5.88 Å². The first-order valence-corrected chi connectivity index (χ1v) is 11.4. The number of hydrogen-bond acceptors (Lipinski definition) is 8. The van der Waals surface area contributed by atoms with Crippen LogP contribution in [-0.4, -0.2) is 66.5 Å². The standard InChI is InChI=1S/C24H26F2N6O3/c1-12-15(9-30-23-22(12)28-4-6-34-23)14-7-13-8-19(29-10-16(13)21(27)20(14)26)31-24(33)35-18-3-5-32(2)11-17(18)25/h7-10,17-18,28H,3-6,11,27H2,1-2H3,(H,29,31,33)/t17-,18+/m1/s1. The number of halogens is 2. The highest BCUT2D eigenvalue weighted by Crippen LogP contribution is 2.39. The Labute approximate surface area is 200 Å². The van der Waals surface area contributed by atoms with E-state index in [0.717, 1.165) is 5.56 Å². The van der Waals surface area contributed by atoms with E-state index in [0.29, 0.717) is 54.0 Å². The van der Waals surface area contributed by atoms with Gasteiger partial charge in [-0.3, -0.25) is 5.32 Å². The number of carbonyl (C=O) groups excluding carboxylic acids is 1. The van der Waals surface area contributed by atoms with E-state index in [9.17, 15) is 9.18 Å². The molecule has 0 radical (unpaired) electrons. The zero-order valence-corrected chi connectivity index (χ0v) is 19.4. The third-order valence-corrected chi connectivity index (χ3v) is 6.41. The van der Waals surface area contributed by atoms with Crippen LogP contribution in [0, 0.1) is 12.7 Å². The maximum Gasteiger partial charge on any atom is 0.413 e. The van der Waals surface area contributed by atoms with Gasteiger partial charge in [-0.25, -0.2) is 23.5 Å². The fraction of sp³-hybridized carbons (Fsp3) is 0.375. The van der Waals surface area contributed by atoms with Crippen LogP contribution in [0.25, 0.3) is 21.9 Å². The summed E-state index contributed by atoms with van der Waals surface area (Å²) in [5, 5.41) is 6.73. The average molecular weight is 485 g/mol. The number of ether oxygens (including phenoxy) is 2. The van der Waals surface area contributed by atoms with Gasteiger partial charge in [-0.05, 0) is 37.1 Å². The van der Waals surface area contributed by atoms with Crippen molar-refractivity contribution in [3.63, 3.8) is 0 Å². The third kappa shape index (κ3) is 4.39. The molecule has 35 heavy (non-hydrogen) atoms. The maximum atomic E-state index is 15.3. The van der Waals surface area contributed by atoms with Crippen molar-refractivity contribution in [3.05, 3.63) is 35.9 Å². The van der Waals surface area contributed by atoms with Crippen LogP contribution in [0.1, 0.15) is 12.0 Å². The lowest BCUT2D eigenvalue weighted by atomic mass is 9.97. The Balaban J connectivity index is 1.43. The number of nitrogen functional groups attached to an aromatic ring is 1. The van der Waals surface area contributed by atoms with Gasteiger partial charge in [0.05, 0.1) is 5.69 Å². The van der Waals surface area contributed by atoms with Crippen LogP contribution < -0.4 is 21.1 Å². The van der Waals surface area contributed by atoms with Gasteiger partial charge in [-0.2, -0.15) is 0 Å². The van der Waals surface area contributed by atoms with E-state index < -0.39 is 24.2 Å². The van der Waals surface area contributed by atoms with Crippen LogP contribution in [0.15, 0.2) is 24.5 Å². The number of alkyl halides is 1. The number of aromatic nitrogens is 2. The van der Waals surface area contributed by atoms with E-state index in [2.05, 4.69) is 20.6 Å². The molecule has 1 aromatic carbocycles. The second kappa shape index (κ2) is 9.14. The van der Waals surface area contributed by atoms with Crippen molar-refractivity contribution >= 4 is 34.1 Å². The molecule has 0 saturated carbocycles. The minimum atomic E-state index is -1.26. The number of piperidine rings is 1. The Morgan fingerprint density at radius 3 is 2.94 bits per heavy atom. The monoisotopic (exact) mass is 484 g/mol. The van der Waals surface area contributed by atoms with Crippen molar-refractivity contribution in [2.75, 3.05) is 49.7 Å². The van der Waals surface area contributed by atoms with Crippen molar-refractivity contribution in [3.8, 4) is 17.0 Å². The minimum absolute atomic E-state index is 0.0629. The molecule has 0 unspecified atom stereocenters. The normalized spacial score (nSPS) is 20.0. The second-order valence-electron chi connectivity index (χ2n) is 8.83. The summed E-state index contributed by atoms with van der Waals surface area (Å²) in [5.74, 6) is 0.0661. The third-order valence-electron chi connectivity index (χ3n) is 6.41. The highest BCUT2D eigenvalue weighted by Gasteiger charge is 2.30. The van der Waals surface area contributed by atoms with Crippen LogP contribution in [-0.2, 0) is 4.74 Å². The molecule has 2 aromatic heterocycles. The van der Waals surface area contributed by atoms with E-state index in [4.69, 9.17) is 15.2 Å². The lowest BCUT2D eigenvalue weighted by Crippen LogP contribution is -2.45. The number of nitrogens with one attached hydrogen (secondary N) is 2. The number of nitrogens with two attached hydrogens (primary N) is 1. The van der Waals surface area contributed by atoms with Crippen molar-refractivity contribution in [2.45, 2.75) is 25.6 Å². The maximum absolute atomic E-state index is 15.3. The number of anilines is 3. The topological polar surface area (TPSA) is 115 Å². The van der Waals surface area contributed by atoms with Gasteiger partial charge in [-0.15, -0.1) is 0 Å². The minimum Gasteiger partial charge on any atom is -0.474 e. The number of carbonyl (C=O) groups is 1. The molecular weight excluding hydrogens is 458 g/mol. The Morgan fingerprint density at radius 2 is 2.14 bits per heavy atom. The molecule has 2 aliphatic heterocycles. The van der Waals surface area contributed by atoms with Crippen LogP contribution in [0.2, 0.25) is 0 Å². The summed E-state index contributed by atoms with van der Waals surface area (Å²) in [4.78, 5) is 22.7. The quantitative estimate of drug-likeness (QED) is 0.482. The van der Waals surface area contributed by atoms with Gasteiger partial charge in [0, 0.05) is 55.0 Å². The van der Waals surface area contributed by atoms with E-state index in [1.165, 1.54) is 6.20 Å². The fourth-order valence-corrected chi connectivity index (χ4v) is 4.49. The molecule has 2 aliphatic rings. The van der Waals surface area contributed by atoms with E-state index in [1.807, 2.05) is 18.9 Å². The summed E-state index contributed by atoms with van der Waals surface area (Å²) in [6.45, 7) is 3.83. The number of nitrogens with zero attached hydrogens (tertiary/aromatic N) is 3. The number of rotatable bonds is 3. The summed E-state index contributed by atoms with van der Waals surface area (Å²) < 4.78 is 40.3. The van der Waals surface area contributed by atoms with Crippen LogP contribution in [0.4, 0.5) is 30.8 Å². The fourth-order valence-electron chi connectivity index (χ4n) is 4.49. The second-order valence-corrected chi connectivity index (χ2v) is 8.83. The first-order valence-electron chi connectivity index (χ1n) is 11.4. The largest absolute Gasteiger partial charge is 0.474 e. The number of pyridine rings is 2. The summed E-state index contributed by atoms with van der Waals surface area (Å²) in [5.41, 5.74) is 8.37. The number of benzene rings is 1. The molecule has 1 saturated heterocycles. The van der Waals surface area contributed by atoms with Gasteiger partial charge in [-0.1, -0.05) is 0 Å². The zero-order valence-electron chi connectivity index (χ0n) is 19.4. The molecule has 3 aromatic rings. The average Bonchev–Trinajstić information content (AvgIpc) is 2.84. The molecule has 0 spiro atoms. The molecule has 9 nitrogen and oxygen atoms in total. The predicted molar refractivity (Wildman–Crippen MR) is 129 cm³/mol. The van der Waals surface area contributed by atoms with Crippen LogP contribution in [0.3, 0.4) is 0 Å². The van der Waals surface area contributed by atoms with Gasteiger partial charge < -0.3 is 25.4 Å². The molecule has 1 fully saturated rings. The molecule has 4 heterocycles. The van der Waals surface area contributed by atoms with Crippen molar-refractivity contribution in [1.82, 2.24) is 14.9 Å². The Morgan fingerprint density at radius 1 is 1.31 bits per heavy atom. The number of fused-ring (bicyclic) bond motifs is 2. The smallest absolute Gasteiger partial charge is 0.413 e. The van der Waals surface area contributed by atoms with Crippen molar-refractivity contribution < 1.29 is 23.0 Å². The lowest BCUT2D eigenvalue weighted by molar-refractivity contribution is 0.00405. The number of likely N-dealkylation sites (tertiary alicyclic amines) is 1. The summed E-state index contributed by atoms with van der Waals surface area (Å²) in [6, 6.07) is 3.20. The molecular formula is C24H26F2N6O3. The highest BCUT2D eigenvalue weighted by molar-refractivity contribution is 5.99. The van der Waals surface area contributed by atoms with E-state index in [-0.39, 0.29) is 23.6 Å². The van der Waals surface area contributed by atoms with Crippen molar-refractivity contribution in [1.29, 1.82) is 0 Å². The molecule has 11 heteroatoms.